The number of nitrogens with one attached hydrogen (secondary N) is 1. The number of carbonyl (C=O) groups excluding carboxylic acids is 1. The third-order valence-electron chi connectivity index (χ3n) is 3.00. The van der Waals surface area contributed by atoms with Gasteiger partial charge in [0.25, 0.3) is 0 Å². The number of rotatable bonds is 4. The highest BCUT2D eigenvalue weighted by Gasteiger charge is 2.21. The second kappa shape index (κ2) is 5.38. The van der Waals surface area contributed by atoms with Crippen molar-refractivity contribution < 1.29 is 4.79 Å². The standard InChI is InChI=1S/C11H21NO/c1-3-9(2)7-11(13)10-5-4-6-12-8-10/h9-10,12H,3-8H2,1-2H3. The van der Waals surface area contributed by atoms with Crippen molar-refractivity contribution in [1.82, 2.24) is 5.32 Å². The Morgan fingerprint density at radius 1 is 1.62 bits per heavy atom. The van der Waals surface area contributed by atoms with E-state index in [0.717, 1.165) is 38.8 Å². The Morgan fingerprint density at radius 2 is 2.38 bits per heavy atom. The largest absolute Gasteiger partial charge is 0.316 e. The third kappa shape index (κ3) is 3.47. The number of ketones is 1. The van der Waals surface area contributed by atoms with E-state index in [1.807, 2.05) is 0 Å². The van der Waals surface area contributed by atoms with Gasteiger partial charge in [-0.1, -0.05) is 20.3 Å². The van der Waals surface area contributed by atoms with Crippen LogP contribution in [0.15, 0.2) is 0 Å². The molecule has 76 valence electrons. The van der Waals surface area contributed by atoms with Gasteiger partial charge >= 0.3 is 0 Å². The molecule has 0 aliphatic carbocycles. The average Bonchev–Trinajstić information content (AvgIpc) is 2.19. The van der Waals surface area contributed by atoms with Crippen LogP contribution in [0, 0.1) is 11.8 Å². The van der Waals surface area contributed by atoms with E-state index in [0.29, 0.717) is 17.6 Å². The maximum Gasteiger partial charge on any atom is 0.137 e. The first kappa shape index (κ1) is 10.7. The number of hydrogen-bond acceptors (Lipinski definition) is 2. The van der Waals surface area contributed by atoms with Crippen molar-refractivity contribution in [3.05, 3.63) is 0 Å². The van der Waals surface area contributed by atoms with Gasteiger partial charge < -0.3 is 5.32 Å². The van der Waals surface area contributed by atoms with E-state index < -0.39 is 0 Å². The van der Waals surface area contributed by atoms with Crippen LogP contribution < -0.4 is 5.32 Å². The van der Waals surface area contributed by atoms with Crippen LogP contribution in [-0.4, -0.2) is 18.9 Å². The second-order valence-corrected chi connectivity index (χ2v) is 4.23. The van der Waals surface area contributed by atoms with Crippen molar-refractivity contribution in [2.75, 3.05) is 13.1 Å². The molecule has 1 heterocycles. The monoisotopic (exact) mass is 183 g/mol. The van der Waals surface area contributed by atoms with Gasteiger partial charge in [0.05, 0.1) is 0 Å². The van der Waals surface area contributed by atoms with Crippen molar-refractivity contribution in [2.24, 2.45) is 11.8 Å². The number of hydrogen-bond donors (Lipinski definition) is 1. The van der Waals surface area contributed by atoms with Gasteiger partial charge in [0.1, 0.15) is 5.78 Å². The predicted octanol–water partition coefficient (Wildman–Crippen LogP) is 1.99. The lowest BCUT2D eigenvalue weighted by Gasteiger charge is -2.22. The molecule has 1 N–H and O–H groups in total. The number of Topliss-reactive ketones (excluding diaryl/α,β-unsaturated/α-hetero) is 1. The van der Waals surface area contributed by atoms with E-state index in [2.05, 4.69) is 19.2 Å². The van der Waals surface area contributed by atoms with E-state index in [4.69, 9.17) is 0 Å². The second-order valence-electron chi connectivity index (χ2n) is 4.23. The topological polar surface area (TPSA) is 29.1 Å². The lowest BCUT2D eigenvalue weighted by Crippen LogP contribution is -2.34. The molecule has 0 radical (unpaired) electrons. The van der Waals surface area contributed by atoms with Crippen LogP contribution in [0.5, 0.6) is 0 Å². The lowest BCUT2D eigenvalue weighted by atomic mass is 9.89. The Kier molecular flexibility index (Phi) is 4.43. The number of piperidine rings is 1. The molecule has 0 aromatic rings. The average molecular weight is 183 g/mol. The highest BCUT2D eigenvalue weighted by molar-refractivity contribution is 5.81. The molecular weight excluding hydrogens is 162 g/mol. The smallest absolute Gasteiger partial charge is 0.137 e. The van der Waals surface area contributed by atoms with Gasteiger partial charge in [-0.15, -0.1) is 0 Å². The van der Waals surface area contributed by atoms with Crippen molar-refractivity contribution >= 4 is 5.78 Å². The maximum absolute atomic E-state index is 11.7. The normalized spacial score (nSPS) is 25.5. The summed E-state index contributed by atoms with van der Waals surface area (Å²) in [5.41, 5.74) is 0. The van der Waals surface area contributed by atoms with Crippen molar-refractivity contribution in [3.63, 3.8) is 0 Å². The molecule has 2 atom stereocenters. The van der Waals surface area contributed by atoms with Crippen LogP contribution in [0.4, 0.5) is 0 Å². The van der Waals surface area contributed by atoms with E-state index in [1.165, 1.54) is 0 Å². The van der Waals surface area contributed by atoms with Crippen LogP contribution in [-0.2, 0) is 4.79 Å². The first-order valence-corrected chi connectivity index (χ1v) is 5.47. The van der Waals surface area contributed by atoms with Crippen LogP contribution in [0.3, 0.4) is 0 Å². The summed E-state index contributed by atoms with van der Waals surface area (Å²) in [6, 6.07) is 0. The summed E-state index contributed by atoms with van der Waals surface area (Å²) in [6.07, 6.45) is 4.16. The highest BCUT2D eigenvalue weighted by atomic mass is 16.1. The molecule has 1 rings (SSSR count). The van der Waals surface area contributed by atoms with Crippen molar-refractivity contribution in [3.8, 4) is 0 Å². The molecule has 1 aliphatic rings. The predicted molar refractivity (Wildman–Crippen MR) is 54.7 cm³/mol. The summed E-state index contributed by atoms with van der Waals surface area (Å²) in [5, 5.41) is 3.29. The fraction of sp³-hybridized carbons (Fsp3) is 0.909. The highest BCUT2D eigenvalue weighted by Crippen LogP contribution is 2.17. The molecular formula is C11H21NO. The molecule has 1 fully saturated rings. The molecule has 13 heavy (non-hydrogen) atoms. The van der Waals surface area contributed by atoms with E-state index in [9.17, 15) is 4.79 Å². The molecule has 0 aromatic heterocycles. The Labute approximate surface area is 81.1 Å². The molecule has 0 saturated carbocycles. The molecule has 0 aromatic carbocycles. The van der Waals surface area contributed by atoms with Gasteiger partial charge in [-0.2, -0.15) is 0 Å². The van der Waals surface area contributed by atoms with Gasteiger partial charge in [0, 0.05) is 18.9 Å². The van der Waals surface area contributed by atoms with Crippen LogP contribution >= 0.6 is 0 Å². The summed E-state index contributed by atoms with van der Waals surface area (Å²) in [6.45, 7) is 6.31. The van der Waals surface area contributed by atoms with Crippen LogP contribution in [0.2, 0.25) is 0 Å². The third-order valence-corrected chi connectivity index (χ3v) is 3.00. The molecule has 1 saturated heterocycles. The minimum Gasteiger partial charge on any atom is -0.316 e. The Bertz CT molecular complexity index is 161. The zero-order valence-corrected chi connectivity index (χ0v) is 8.81. The molecule has 0 amide bonds. The Balaban J connectivity index is 2.29. The van der Waals surface area contributed by atoms with Gasteiger partial charge in [-0.05, 0) is 25.3 Å². The van der Waals surface area contributed by atoms with Gasteiger partial charge in [-0.25, -0.2) is 0 Å². The Morgan fingerprint density at radius 3 is 2.92 bits per heavy atom. The fourth-order valence-corrected chi connectivity index (χ4v) is 1.78. The fourth-order valence-electron chi connectivity index (χ4n) is 1.78. The minimum absolute atomic E-state index is 0.308. The van der Waals surface area contributed by atoms with Crippen molar-refractivity contribution in [1.29, 1.82) is 0 Å². The van der Waals surface area contributed by atoms with Crippen LogP contribution in [0.1, 0.15) is 39.5 Å². The molecule has 0 bridgehead atoms. The zero-order valence-electron chi connectivity index (χ0n) is 8.81. The molecule has 2 heteroatoms. The molecule has 0 spiro atoms. The van der Waals surface area contributed by atoms with Gasteiger partial charge in [-0.3, -0.25) is 4.79 Å². The number of carbonyl (C=O) groups is 1. The molecule has 2 unspecified atom stereocenters. The summed E-state index contributed by atoms with van der Waals surface area (Å²) < 4.78 is 0. The SMILES string of the molecule is CCC(C)CC(=O)C1CCCNC1. The summed E-state index contributed by atoms with van der Waals surface area (Å²) in [5.74, 6) is 1.35. The van der Waals surface area contributed by atoms with Crippen LogP contribution in [0.25, 0.3) is 0 Å². The zero-order chi connectivity index (χ0) is 9.68. The quantitative estimate of drug-likeness (QED) is 0.722. The summed E-state index contributed by atoms with van der Waals surface area (Å²) in [7, 11) is 0. The van der Waals surface area contributed by atoms with E-state index in [-0.39, 0.29) is 0 Å². The molecule has 1 aliphatic heterocycles. The first-order valence-electron chi connectivity index (χ1n) is 5.47. The van der Waals surface area contributed by atoms with Crippen molar-refractivity contribution in [2.45, 2.75) is 39.5 Å². The summed E-state index contributed by atoms with van der Waals surface area (Å²) in [4.78, 5) is 11.7. The first-order chi connectivity index (χ1) is 6.24. The van der Waals surface area contributed by atoms with E-state index >= 15 is 0 Å². The molecule has 2 nitrogen and oxygen atoms in total. The maximum atomic E-state index is 11.7. The van der Waals surface area contributed by atoms with Gasteiger partial charge in [0.15, 0.2) is 0 Å². The minimum atomic E-state index is 0.308. The van der Waals surface area contributed by atoms with E-state index in [1.54, 1.807) is 0 Å². The summed E-state index contributed by atoms with van der Waals surface area (Å²) >= 11 is 0. The van der Waals surface area contributed by atoms with Gasteiger partial charge in [0.2, 0.25) is 0 Å². The Hall–Kier alpha value is -0.370. The lowest BCUT2D eigenvalue weighted by molar-refractivity contribution is -0.124.